The lowest BCUT2D eigenvalue weighted by Crippen LogP contribution is -2.39. The molecule has 1 amide bonds. The van der Waals surface area contributed by atoms with E-state index in [0.717, 1.165) is 43.9 Å². The summed E-state index contributed by atoms with van der Waals surface area (Å²) in [4.78, 5) is 27.2. The number of hydrogen-bond acceptors (Lipinski definition) is 5. The molecule has 3 aromatic heterocycles. The Hall–Kier alpha value is -2.51. The van der Waals surface area contributed by atoms with Crippen LogP contribution in [0.4, 0.5) is 0 Å². The Bertz CT molecular complexity index is 1030. The molecule has 5 heterocycles. The minimum atomic E-state index is -0.390. The summed E-state index contributed by atoms with van der Waals surface area (Å²) in [6.45, 7) is 8.35. The van der Waals surface area contributed by atoms with Gasteiger partial charge in [0.2, 0.25) is 5.91 Å². The van der Waals surface area contributed by atoms with E-state index in [1.54, 1.807) is 23.7 Å². The van der Waals surface area contributed by atoms with Gasteiger partial charge in [-0.1, -0.05) is 0 Å². The fourth-order valence-corrected chi connectivity index (χ4v) is 5.81. The van der Waals surface area contributed by atoms with Crippen LogP contribution in [-0.2, 0) is 17.9 Å². The van der Waals surface area contributed by atoms with Crippen LogP contribution in [0, 0.1) is 5.41 Å². The summed E-state index contributed by atoms with van der Waals surface area (Å²) in [6.07, 6.45) is 8.56. The van der Waals surface area contributed by atoms with Gasteiger partial charge in [-0.15, -0.1) is 0 Å². The molecule has 0 N–H and O–H groups in total. The van der Waals surface area contributed by atoms with Gasteiger partial charge in [-0.25, -0.2) is 4.98 Å². The van der Waals surface area contributed by atoms with Gasteiger partial charge in [0.15, 0.2) is 0 Å². The zero-order valence-electron chi connectivity index (χ0n) is 18.1. The molecule has 7 heteroatoms. The van der Waals surface area contributed by atoms with Crippen LogP contribution in [0.3, 0.4) is 0 Å². The van der Waals surface area contributed by atoms with Gasteiger partial charge < -0.3 is 9.47 Å². The molecule has 0 saturated carbocycles. The average molecular weight is 436 g/mol. The van der Waals surface area contributed by atoms with Gasteiger partial charge in [0, 0.05) is 63.3 Å². The molecule has 6 nitrogen and oxygen atoms in total. The van der Waals surface area contributed by atoms with E-state index < -0.39 is 0 Å². The topological polar surface area (TPSA) is 54.3 Å². The van der Waals surface area contributed by atoms with Gasteiger partial charge in [-0.2, -0.15) is 11.3 Å². The highest BCUT2D eigenvalue weighted by atomic mass is 32.1. The average Bonchev–Trinajstić information content (AvgIpc) is 3.55. The van der Waals surface area contributed by atoms with E-state index in [1.165, 1.54) is 5.56 Å². The second kappa shape index (κ2) is 8.20. The lowest BCUT2D eigenvalue weighted by Gasteiger charge is -2.28. The predicted octanol–water partition coefficient (Wildman–Crippen LogP) is 3.94. The first-order valence-corrected chi connectivity index (χ1v) is 11.9. The number of likely N-dealkylation sites (tertiary alicyclic amines) is 2. The highest BCUT2D eigenvalue weighted by Gasteiger charge is 2.57. The van der Waals surface area contributed by atoms with Crippen LogP contribution < -0.4 is 0 Å². The maximum Gasteiger partial charge on any atom is 0.231 e. The van der Waals surface area contributed by atoms with Crippen LogP contribution in [0.2, 0.25) is 0 Å². The number of rotatable bonds is 6. The summed E-state index contributed by atoms with van der Waals surface area (Å²) in [5.41, 5.74) is 3.13. The number of imidazole rings is 1. The molecule has 3 aromatic rings. The van der Waals surface area contributed by atoms with Gasteiger partial charge in [0.05, 0.1) is 17.4 Å². The summed E-state index contributed by atoms with van der Waals surface area (Å²) in [5, 5.41) is 4.33. The maximum atomic E-state index is 13.9. The van der Waals surface area contributed by atoms with Crippen LogP contribution in [-0.4, -0.2) is 49.9 Å². The lowest BCUT2D eigenvalue weighted by molar-refractivity contribution is -0.136. The number of nitrogens with zero attached hydrogens (tertiary/aromatic N) is 5. The largest absolute Gasteiger partial charge is 0.338 e. The van der Waals surface area contributed by atoms with Gasteiger partial charge in [0.1, 0.15) is 0 Å². The second-order valence-electron chi connectivity index (χ2n) is 9.18. The van der Waals surface area contributed by atoms with E-state index in [-0.39, 0.29) is 17.2 Å². The quantitative estimate of drug-likeness (QED) is 0.589. The fraction of sp³-hybridized carbons (Fsp3) is 0.458. The summed E-state index contributed by atoms with van der Waals surface area (Å²) in [7, 11) is 0. The second-order valence-corrected chi connectivity index (χ2v) is 9.96. The number of pyridine rings is 1. The Morgan fingerprint density at radius 2 is 2.03 bits per heavy atom. The lowest BCUT2D eigenvalue weighted by atomic mass is 9.75. The highest BCUT2D eigenvalue weighted by molar-refractivity contribution is 7.07. The van der Waals surface area contributed by atoms with Crippen molar-refractivity contribution < 1.29 is 4.79 Å². The maximum absolute atomic E-state index is 13.9. The molecule has 0 radical (unpaired) electrons. The first-order chi connectivity index (χ1) is 15.0. The van der Waals surface area contributed by atoms with Crippen LogP contribution in [0.25, 0.3) is 0 Å². The van der Waals surface area contributed by atoms with Crippen molar-refractivity contribution in [3.05, 3.63) is 70.7 Å². The third-order valence-electron chi connectivity index (χ3n) is 6.84. The molecule has 0 bridgehead atoms. The SMILES string of the molecule is CC(C)n1cnc([C@H]2CN(Cc3ccsc3)C[C@@]23CCN(Cc2ccncc2)C3=O)c1. The molecule has 0 aliphatic carbocycles. The fourth-order valence-electron chi connectivity index (χ4n) is 5.15. The zero-order valence-corrected chi connectivity index (χ0v) is 19.0. The molecular formula is C24H29N5OS. The predicted molar refractivity (Wildman–Crippen MR) is 122 cm³/mol. The van der Waals surface area contributed by atoms with E-state index in [1.807, 2.05) is 23.4 Å². The first kappa shape index (κ1) is 20.4. The normalized spacial score (nSPS) is 24.2. The van der Waals surface area contributed by atoms with Crippen LogP contribution >= 0.6 is 11.3 Å². The van der Waals surface area contributed by atoms with Gasteiger partial charge in [-0.05, 0) is 60.4 Å². The molecular weight excluding hydrogens is 406 g/mol. The monoisotopic (exact) mass is 435 g/mol. The molecule has 2 fully saturated rings. The number of carbonyl (C=O) groups excluding carboxylic acids is 1. The van der Waals surface area contributed by atoms with E-state index in [4.69, 9.17) is 4.98 Å². The number of hydrogen-bond donors (Lipinski definition) is 0. The number of amides is 1. The molecule has 5 rings (SSSR count). The van der Waals surface area contributed by atoms with E-state index >= 15 is 0 Å². The van der Waals surface area contributed by atoms with Gasteiger partial charge in [0.25, 0.3) is 0 Å². The molecule has 0 aromatic carbocycles. The zero-order chi connectivity index (χ0) is 21.4. The Kier molecular flexibility index (Phi) is 5.40. The molecule has 2 aliphatic rings. The molecule has 2 aliphatic heterocycles. The molecule has 2 atom stereocenters. The summed E-state index contributed by atoms with van der Waals surface area (Å²) in [5.74, 6) is 0.405. The van der Waals surface area contributed by atoms with Crippen molar-refractivity contribution in [3.8, 4) is 0 Å². The molecule has 1 spiro atoms. The number of aromatic nitrogens is 3. The number of thiophene rings is 1. The van der Waals surface area contributed by atoms with Crippen molar-refractivity contribution in [3.63, 3.8) is 0 Å². The number of carbonyl (C=O) groups is 1. The third-order valence-corrected chi connectivity index (χ3v) is 7.57. The Morgan fingerprint density at radius 3 is 2.74 bits per heavy atom. The Morgan fingerprint density at radius 1 is 1.19 bits per heavy atom. The van der Waals surface area contributed by atoms with Crippen molar-refractivity contribution in [1.29, 1.82) is 0 Å². The van der Waals surface area contributed by atoms with Crippen molar-refractivity contribution >= 4 is 17.2 Å². The van der Waals surface area contributed by atoms with Crippen molar-refractivity contribution in [2.75, 3.05) is 19.6 Å². The van der Waals surface area contributed by atoms with Crippen LogP contribution in [0.15, 0.2) is 53.9 Å². The smallest absolute Gasteiger partial charge is 0.231 e. The van der Waals surface area contributed by atoms with E-state index in [0.29, 0.717) is 12.6 Å². The van der Waals surface area contributed by atoms with Crippen LogP contribution in [0.1, 0.15) is 49.0 Å². The molecule has 31 heavy (non-hydrogen) atoms. The minimum Gasteiger partial charge on any atom is -0.338 e. The molecule has 0 unspecified atom stereocenters. The standard InChI is InChI=1S/C24H29N5OS/c1-18(2)29-14-22(26-17-29)21-13-27(11-20-5-10-31-15-20)16-24(21)6-9-28(23(24)30)12-19-3-7-25-8-4-19/h3-5,7-8,10,14-15,17-18,21H,6,9,11-13,16H2,1-2H3/t21-,24+/m1/s1. The van der Waals surface area contributed by atoms with E-state index in [9.17, 15) is 4.79 Å². The Labute approximate surface area is 187 Å². The van der Waals surface area contributed by atoms with Crippen molar-refractivity contribution in [2.45, 2.75) is 45.3 Å². The summed E-state index contributed by atoms with van der Waals surface area (Å²) < 4.78 is 2.15. The first-order valence-electron chi connectivity index (χ1n) is 11.0. The Balaban J connectivity index is 1.43. The summed E-state index contributed by atoms with van der Waals surface area (Å²) in [6, 6.07) is 6.54. The molecule has 162 valence electrons. The van der Waals surface area contributed by atoms with Gasteiger partial charge >= 0.3 is 0 Å². The highest BCUT2D eigenvalue weighted by Crippen LogP contribution is 2.50. The van der Waals surface area contributed by atoms with Crippen molar-refractivity contribution in [2.24, 2.45) is 5.41 Å². The minimum absolute atomic E-state index is 0.126. The summed E-state index contributed by atoms with van der Waals surface area (Å²) >= 11 is 1.73. The molecule has 2 saturated heterocycles. The van der Waals surface area contributed by atoms with Crippen molar-refractivity contribution in [1.82, 2.24) is 24.3 Å². The van der Waals surface area contributed by atoms with E-state index in [2.05, 4.69) is 51.3 Å². The van der Waals surface area contributed by atoms with Gasteiger partial charge in [-0.3, -0.25) is 14.7 Å². The third kappa shape index (κ3) is 3.81. The van der Waals surface area contributed by atoms with Crippen LogP contribution in [0.5, 0.6) is 0 Å².